The minimum atomic E-state index is -0.629. The van der Waals surface area contributed by atoms with Crippen molar-refractivity contribution < 1.29 is 23.6 Å². The van der Waals surface area contributed by atoms with Crippen molar-refractivity contribution in [3.05, 3.63) is 76.0 Å². The Bertz CT molecular complexity index is 1430. The number of phenols is 1. The third kappa shape index (κ3) is 4.89. The number of fused-ring (bicyclic) bond motifs is 1. The number of hydrogen-bond acceptors (Lipinski definition) is 9. The molecule has 0 aliphatic carbocycles. The molecule has 10 nitrogen and oxygen atoms in total. The van der Waals surface area contributed by atoms with Crippen molar-refractivity contribution in [2.45, 2.75) is 0 Å². The third-order valence-corrected chi connectivity index (χ3v) is 5.43. The average molecular weight is 477 g/mol. The number of halogens is 1. The standard InChI is InChI=1S/C24H20FN5O5/c25-19-14-20-18(13-21(19)29-8-10-34-11-9-29)24(26-15-2-1-3-16(31)12-15)28-22(27-20)6-4-17-5-7-23(35-17)30(32)33/h1-7,12-14,31H,8-11H2,(H,26,27,28)/b6-4+. The van der Waals surface area contributed by atoms with E-state index < -0.39 is 10.7 Å². The number of aromatic nitrogens is 2. The number of aromatic hydroxyl groups is 1. The van der Waals surface area contributed by atoms with Gasteiger partial charge in [-0.05, 0) is 36.4 Å². The average Bonchev–Trinajstić information content (AvgIpc) is 3.32. The molecule has 1 fully saturated rings. The van der Waals surface area contributed by atoms with Gasteiger partial charge in [0, 0.05) is 36.3 Å². The van der Waals surface area contributed by atoms with E-state index in [1.165, 1.54) is 36.4 Å². The van der Waals surface area contributed by atoms with E-state index in [9.17, 15) is 15.2 Å². The molecule has 0 amide bonds. The number of nitro groups is 1. The van der Waals surface area contributed by atoms with Crippen molar-refractivity contribution in [1.82, 2.24) is 9.97 Å². The van der Waals surface area contributed by atoms with Crippen molar-refractivity contribution in [1.29, 1.82) is 0 Å². The van der Waals surface area contributed by atoms with E-state index in [1.54, 1.807) is 24.3 Å². The minimum Gasteiger partial charge on any atom is -0.508 e. The molecule has 1 saturated heterocycles. The van der Waals surface area contributed by atoms with Crippen molar-refractivity contribution in [3.63, 3.8) is 0 Å². The monoisotopic (exact) mass is 477 g/mol. The van der Waals surface area contributed by atoms with Crippen LogP contribution in [0, 0.1) is 15.9 Å². The lowest BCUT2D eigenvalue weighted by Gasteiger charge is -2.29. The second-order valence-corrected chi connectivity index (χ2v) is 7.79. The maximum Gasteiger partial charge on any atom is 0.433 e. The number of nitrogens with one attached hydrogen (secondary N) is 1. The van der Waals surface area contributed by atoms with Crippen LogP contribution >= 0.6 is 0 Å². The SMILES string of the molecule is O=[N+]([O-])c1ccc(/C=C/c2nc(Nc3cccc(O)c3)c3cc(N4CCOCC4)c(F)cc3n2)o1. The molecular weight excluding hydrogens is 457 g/mol. The van der Waals surface area contributed by atoms with Crippen LogP contribution in [0.5, 0.6) is 5.75 Å². The third-order valence-electron chi connectivity index (χ3n) is 5.43. The molecule has 1 aliphatic heterocycles. The minimum absolute atomic E-state index is 0.0768. The molecule has 35 heavy (non-hydrogen) atoms. The topological polar surface area (TPSA) is 127 Å². The number of anilines is 3. The van der Waals surface area contributed by atoms with Crippen LogP contribution in [-0.4, -0.2) is 46.3 Å². The molecule has 0 saturated carbocycles. The lowest BCUT2D eigenvalue weighted by Crippen LogP contribution is -2.36. The highest BCUT2D eigenvalue weighted by molar-refractivity contribution is 5.94. The summed E-state index contributed by atoms with van der Waals surface area (Å²) in [5.74, 6) is 0.161. The molecule has 0 radical (unpaired) electrons. The number of benzene rings is 2. The van der Waals surface area contributed by atoms with E-state index in [0.717, 1.165) is 0 Å². The first-order valence-corrected chi connectivity index (χ1v) is 10.8. The Kier molecular flexibility index (Phi) is 5.98. The Labute approximate surface area is 198 Å². The van der Waals surface area contributed by atoms with Crippen LogP contribution < -0.4 is 10.2 Å². The van der Waals surface area contributed by atoms with Crippen LogP contribution in [0.1, 0.15) is 11.6 Å². The van der Waals surface area contributed by atoms with Gasteiger partial charge in [-0.15, -0.1) is 0 Å². The predicted molar refractivity (Wildman–Crippen MR) is 128 cm³/mol. The van der Waals surface area contributed by atoms with Crippen LogP contribution in [0.4, 0.5) is 27.5 Å². The fourth-order valence-corrected chi connectivity index (χ4v) is 3.78. The fraction of sp³-hybridized carbons (Fsp3) is 0.167. The molecular formula is C24H20FN5O5. The summed E-state index contributed by atoms with van der Waals surface area (Å²) in [6.45, 7) is 2.15. The normalized spacial score (nSPS) is 14.0. The highest BCUT2D eigenvalue weighted by Gasteiger charge is 2.19. The van der Waals surface area contributed by atoms with Crippen molar-refractivity contribution in [3.8, 4) is 5.75 Å². The predicted octanol–water partition coefficient (Wildman–Crippen LogP) is 4.73. The number of ether oxygens (including phenoxy) is 1. The molecule has 178 valence electrons. The van der Waals surface area contributed by atoms with Gasteiger partial charge in [0.25, 0.3) is 0 Å². The summed E-state index contributed by atoms with van der Waals surface area (Å²) in [5, 5.41) is 24.4. The summed E-state index contributed by atoms with van der Waals surface area (Å²) < 4.78 is 25.6. The van der Waals surface area contributed by atoms with Crippen LogP contribution in [-0.2, 0) is 4.74 Å². The maximum absolute atomic E-state index is 15.1. The Morgan fingerprint density at radius 2 is 1.94 bits per heavy atom. The summed E-state index contributed by atoms with van der Waals surface area (Å²) in [6.07, 6.45) is 3.01. The van der Waals surface area contributed by atoms with Gasteiger partial charge in [0.1, 0.15) is 28.1 Å². The molecule has 2 N–H and O–H groups in total. The first kappa shape index (κ1) is 22.3. The Balaban J connectivity index is 1.57. The van der Waals surface area contributed by atoms with E-state index in [4.69, 9.17) is 9.15 Å². The fourth-order valence-electron chi connectivity index (χ4n) is 3.78. The van der Waals surface area contributed by atoms with E-state index in [-0.39, 0.29) is 23.2 Å². The number of furan rings is 1. The molecule has 1 aliphatic rings. The second-order valence-electron chi connectivity index (χ2n) is 7.79. The summed E-state index contributed by atoms with van der Waals surface area (Å²) in [4.78, 5) is 21.1. The Hall–Kier alpha value is -4.51. The van der Waals surface area contributed by atoms with Gasteiger partial charge in [-0.25, -0.2) is 14.4 Å². The zero-order chi connectivity index (χ0) is 24.4. The van der Waals surface area contributed by atoms with Gasteiger partial charge in [0.05, 0.1) is 30.5 Å². The van der Waals surface area contributed by atoms with E-state index >= 15 is 4.39 Å². The lowest BCUT2D eigenvalue weighted by molar-refractivity contribution is -0.402. The van der Waals surface area contributed by atoms with Gasteiger partial charge < -0.3 is 24.5 Å². The molecule has 2 aromatic carbocycles. The quantitative estimate of drug-likeness (QED) is 0.299. The summed E-state index contributed by atoms with van der Waals surface area (Å²) in [5.41, 5.74) is 1.37. The molecule has 3 heterocycles. The van der Waals surface area contributed by atoms with E-state index in [1.807, 2.05) is 4.90 Å². The van der Waals surface area contributed by atoms with Gasteiger partial charge in [-0.3, -0.25) is 10.1 Å². The van der Waals surface area contributed by atoms with Gasteiger partial charge in [-0.2, -0.15) is 0 Å². The smallest absolute Gasteiger partial charge is 0.433 e. The van der Waals surface area contributed by atoms with Gasteiger partial charge in [-0.1, -0.05) is 6.07 Å². The van der Waals surface area contributed by atoms with E-state index in [0.29, 0.717) is 54.4 Å². The van der Waals surface area contributed by atoms with Crippen molar-refractivity contribution in [2.75, 3.05) is 36.5 Å². The first-order valence-electron chi connectivity index (χ1n) is 10.8. The number of hydrogen-bond donors (Lipinski definition) is 2. The Morgan fingerprint density at radius 3 is 2.69 bits per heavy atom. The number of phenolic OH excluding ortho intramolecular Hbond substituents is 1. The number of nitrogens with zero attached hydrogens (tertiary/aromatic N) is 4. The molecule has 2 aromatic heterocycles. The highest BCUT2D eigenvalue weighted by atomic mass is 19.1. The van der Waals surface area contributed by atoms with Gasteiger partial charge in [0.2, 0.25) is 0 Å². The number of rotatable bonds is 6. The highest BCUT2D eigenvalue weighted by Crippen LogP contribution is 2.32. The van der Waals surface area contributed by atoms with Crippen LogP contribution in [0.15, 0.2) is 52.9 Å². The van der Waals surface area contributed by atoms with Crippen molar-refractivity contribution >= 4 is 46.1 Å². The molecule has 0 atom stereocenters. The zero-order valence-electron chi connectivity index (χ0n) is 18.3. The second kappa shape index (κ2) is 9.39. The maximum atomic E-state index is 15.1. The summed E-state index contributed by atoms with van der Waals surface area (Å²) in [6, 6.07) is 12.3. The molecule has 0 unspecified atom stereocenters. The zero-order valence-corrected chi connectivity index (χ0v) is 18.3. The molecule has 0 spiro atoms. The van der Waals surface area contributed by atoms with Crippen LogP contribution in [0.3, 0.4) is 0 Å². The largest absolute Gasteiger partial charge is 0.508 e. The van der Waals surface area contributed by atoms with Gasteiger partial charge >= 0.3 is 5.88 Å². The molecule has 5 rings (SSSR count). The molecule has 0 bridgehead atoms. The lowest BCUT2D eigenvalue weighted by atomic mass is 10.1. The van der Waals surface area contributed by atoms with E-state index in [2.05, 4.69) is 15.3 Å². The van der Waals surface area contributed by atoms with Crippen molar-refractivity contribution in [2.24, 2.45) is 0 Å². The molecule has 4 aromatic rings. The van der Waals surface area contributed by atoms with Crippen LogP contribution in [0.25, 0.3) is 23.1 Å². The Morgan fingerprint density at radius 1 is 1.11 bits per heavy atom. The van der Waals surface area contributed by atoms with Gasteiger partial charge in [0.15, 0.2) is 5.82 Å². The summed E-state index contributed by atoms with van der Waals surface area (Å²) in [7, 11) is 0. The number of morpholine rings is 1. The summed E-state index contributed by atoms with van der Waals surface area (Å²) >= 11 is 0. The van der Waals surface area contributed by atoms with Crippen LogP contribution in [0.2, 0.25) is 0 Å². The first-order chi connectivity index (χ1) is 17.0. The molecule has 11 heteroatoms.